The third-order valence-corrected chi connectivity index (χ3v) is 3.06. The van der Waals surface area contributed by atoms with Crippen LogP contribution in [-0.4, -0.2) is 25.7 Å². The van der Waals surface area contributed by atoms with Crippen molar-refractivity contribution in [1.82, 2.24) is 5.32 Å². The van der Waals surface area contributed by atoms with Crippen molar-refractivity contribution in [3.8, 4) is 11.5 Å². The van der Waals surface area contributed by atoms with Crippen molar-refractivity contribution in [2.24, 2.45) is 0 Å². The summed E-state index contributed by atoms with van der Waals surface area (Å²) in [7, 11) is 1.61. The lowest BCUT2D eigenvalue weighted by atomic mass is 10.2. The van der Waals surface area contributed by atoms with E-state index in [0.717, 1.165) is 25.0 Å². The molecular formula is C16H25NO3. The lowest BCUT2D eigenvalue weighted by Gasteiger charge is -2.17. The SMILES string of the molecule is CCCCCNC(=O)[C@@H](CC)Oc1cccc(OC)c1. The summed E-state index contributed by atoms with van der Waals surface area (Å²) >= 11 is 0. The summed E-state index contributed by atoms with van der Waals surface area (Å²) in [5, 5.41) is 2.92. The minimum absolute atomic E-state index is 0.0496. The zero-order valence-electron chi connectivity index (χ0n) is 12.6. The van der Waals surface area contributed by atoms with Gasteiger partial charge in [0, 0.05) is 12.6 Å². The van der Waals surface area contributed by atoms with Gasteiger partial charge in [-0.2, -0.15) is 0 Å². The second-order valence-electron chi connectivity index (χ2n) is 4.69. The van der Waals surface area contributed by atoms with Crippen LogP contribution in [0.3, 0.4) is 0 Å². The highest BCUT2D eigenvalue weighted by Gasteiger charge is 2.17. The Kier molecular flexibility index (Phi) is 7.55. The number of rotatable bonds is 9. The molecule has 20 heavy (non-hydrogen) atoms. The van der Waals surface area contributed by atoms with Crippen molar-refractivity contribution in [2.45, 2.75) is 45.6 Å². The quantitative estimate of drug-likeness (QED) is 0.706. The first-order valence-corrected chi connectivity index (χ1v) is 7.29. The summed E-state index contributed by atoms with van der Waals surface area (Å²) in [5.41, 5.74) is 0. The van der Waals surface area contributed by atoms with Crippen molar-refractivity contribution in [3.63, 3.8) is 0 Å². The van der Waals surface area contributed by atoms with Gasteiger partial charge in [0.25, 0.3) is 5.91 Å². The molecule has 0 heterocycles. The van der Waals surface area contributed by atoms with E-state index in [1.807, 2.05) is 25.1 Å². The van der Waals surface area contributed by atoms with Crippen molar-refractivity contribution in [3.05, 3.63) is 24.3 Å². The molecule has 1 aromatic rings. The molecule has 1 N–H and O–H groups in total. The zero-order chi connectivity index (χ0) is 14.8. The maximum atomic E-state index is 12.0. The van der Waals surface area contributed by atoms with Crippen molar-refractivity contribution >= 4 is 5.91 Å². The average molecular weight is 279 g/mol. The molecule has 1 atom stereocenters. The van der Waals surface area contributed by atoms with Crippen molar-refractivity contribution in [2.75, 3.05) is 13.7 Å². The van der Waals surface area contributed by atoms with Gasteiger partial charge in [0.05, 0.1) is 7.11 Å². The topological polar surface area (TPSA) is 47.6 Å². The third kappa shape index (κ3) is 5.51. The van der Waals surface area contributed by atoms with Gasteiger partial charge < -0.3 is 14.8 Å². The minimum Gasteiger partial charge on any atom is -0.497 e. The Bertz CT molecular complexity index is 406. The van der Waals surface area contributed by atoms with Crippen LogP contribution in [0.5, 0.6) is 11.5 Å². The lowest BCUT2D eigenvalue weighted by Crippen LogP contribution is -2.38. The summed E-state index contributed by atoms with van der Waals surface area (Å²) < 4.78 is 10.9. The van der Waals surface area contributed by atoms with Gasteiger partial charge in [-0.05, 0) is 25.0 Å². The molecule has 0 aromatic heterocycles. The highest BCUT2D eigenvalue weighted by Crippen LogP contribution is 2.20. The third-order valence-electron chi connectivity index (χ3n) is 3.06. The summed E-state index contributed by atoms with van der Waals surface area (Å²) in [6.07, 6.45) is 3.47. The van der Waals surface area contributed by atoms with Crippen LogP contribution in [0.4, 0.5) is 0 Å². The van der Waals surface area contributed by atoms with Gasteiger partial charge in [-0.25, -0.2) is 0 Å². The van der Waals surface area contributed by atoms with E-state index < -0.39 is 6.10 Å². The molecule has 4 heteroatoms. The van der Waals surface area contributed by atoms with Gasteiger partial charge >= 0.3 is 0 Å². The molecule has 0 aliphatic heterocycles. The number of carbonyl (C=O) groups is 1. The molecule has 1 rings (SSSR count). The Hall–Kier alpha value is -1.71. The number of methoxy groups -OCH3 is 1. The molecule has 0 aliphatic rings. The largest absolute Gasteiger partial charge is 0.497 e. The number of nitrogens with one attached hydrogen (secondary N) is 1. The smallest absolute Gasteiger partial charge is 0.261 e. The van der Waals surface area contributed by atoms with Crippen LogP contribution in [0.1, 0.15) is 39.5 Å². The first kappa shape index (κ1) is 16.3. The number of amides is 1. The number of hydrogen-bond donors (Lipinski definition) is 1. The van der Waals surface area contributed by atoms with Gasteiger partial charge in [0.1, 0.15) is 11.5 Å². The fraction of sp³-hybridized carbons (Fsp3) is 0.562. The molecule has 0 radical (unpaired) electrons. The van der Waals surface area contributed by atoms with Gasteiger partial charge in [0.2, 0.25) is 0 Å². The Balaban J connectivity index is 2.50. The summed E-state index contributed by atoms with van der Waals surface area (Å²) in [6, 6.07) is 7.31. The van der Waals surface area contributed by atoms with Crippen LogP contribution < -0.4 is 14.8 Å². The van der Waals surface area contributed by atoms with Crippen LogP contribution in [0, 0.1) is 0 Å². The van der Waals surface area contributed by atoms with Gasteiger partial charge in [-0.15, -0.1) is 0 Å². The van der Waals surface area contributed by atoms with Crippen LogP contribution in [0.25, 0.3) is 0 Å². The standard InChI is InChI=1S/C16H25NO3/c1-4-6-7-11-17-16(18)15(5-2)20-14-10-8-9-13(12-14)19-3/h8-10,12,15H,4-7,11H2,1-3H3,(H,17,18)/t15-/m1/s1. The Labute approximate surface area is 121 Å². The van der Waals surface area contributed by atoms with Gasteiger partial charge in [-0.3, -0.25) is 4.79 Å². The molecule has 112 valence electrons. The number of benzene rings is 1. The molecule has 0 fully saturated rings. The molecule has 1 amide bonds. The number of ether oxygens (including phenoxy) is 2. The Morgan fingerprint density at radius 2 is 2.00 bits per heavy atom. The monoisotopic (exact) mass is 279 g/mol. The van der Waals surface area contributed by atoms with Gasteiger partial charge in [-0.1, -0.05) is 32.8 Å². The predicted molar refractivity (Wildman–Crippen MR) is 80.2 cm³/mol. The minimum atomic E-state index is -0.455. The highest BCUT2D eigenvalue weighted by molar-refractivity contribution is 5.81. The second kappa shape index (κ2) is 9.23. The van der Waals surface area contributed by atoms with E-state index in [0.29, 0.717) is 18.7 Å². The van der Waals surface area contributed by atoms with E-state index in [4.69, 9.17) is 9.47 Å². The fourth-order valence-corrected chi connectivity index (χ4v) is 1.86. The van der Waals surface area contributed by atoms with E-state index in [2.05, 4.69) is 12.2 Å². The molecule has 4 nitrogen and oxygen atoms in total. The van der Waals surface area contributed by atoms with E-state index >= 15 is 0 Å². The molecule has 0 spiro atoms. The normalized spacial score (nSPS) is 11.8. The number of carbonyl (C=O) groups excluding carboxylic acids is 1. The molecule has 1 aromatic carbocycles. The summed E-state index contributed by atoms with van der Waals surface area (Å²) in [4.78, 5) is 12.0. The molecule has 0 unspecified atom stereocenters. The van der Waals surface area contributed by atoms with Crippen molar-refractivity contribution in [1.29, 1.82) is 0 Å². The van der Waals surface area contributed by atoms with Gasteiger partial charge in [0.15, 0.2) is 6.10 Å². The predicted octanol–water partition coefficient (Wildman–Crippen LogP) is 3.16. The number of hydrogen-bond acceptors (Lipinski definition) is 3. The van der Waals surface area contributed by atoms with Crippen LogP contribution in [0.15, 0.2) is 24.3 Å². The maximum absolute atomic E-state index is 12.0. The van der Waals surface area contributed by atoms with Crippen LogP contribution >= 0.6 is 0 Å². The molecule has 0 aliphatic carbocycles. The second-order valence-corrected chi connectivity index (χ2v) is 4.69. The lowest BCUT2D eigenvalue weighted by molar-refractivity contribution is -0.128. The van der Waals surface area contributed by atoms with E-state index in [-0.39, 0.29) is 5.91 Å². The summed E-state index contributed by atoms with van der Waals surface area (Å²) in [6.45, 7) is 4.80. The molecule has 0 saturated heterocycles. The number of unbranched alkanes of at least 4 members (excludes halogenated alkanes) is 2. The fourth-order valence-electron chi connectivity index (χ4n) is 1.86. The first-order valence-electron chi connectivity index (χ1n) is 7.29. The first-order chi connectivity index (χ1) is 9.71. The molecule has 0 saturated carbocycles. The Morgan fingerprint density at radius 3 is 2.65 bits per heavy atom. The average Bonchev–Trinajstić information content (AvgIpc) is 2.49. The van der Waals surface area contributed by atoms with E-state index in [1.165, 1.54) is 0 Å². The van der Waals surface area contributed by atoms with Crippen LogP contribution in [-0.2, 0) is 4.79 Å². The van der Waals surface area contributed by atoms with E-state index in [1.54, 1.807) is 13.2 Å². The maximum Gasteiger partial charge on any atom is 0.261 e. The van der Waals surface area contributed by atoms with Crippen LogP contribution in [0.2, 0.25) is 0 Å². The molecular weight excluding hydrogens is 254 g/mol. The van der Waals surface area contributed by atoms with E-state index in [9.17, 15) is 4.79 Å². The zero-order valence-corrected chi connectivity index (χ0v) is 12.6. The molecule has 0 bridgehead atoms. The summed E-state index contributed by atoms with van der Waals surface area (Å²) in [5.74, 6) is 1.33. The van der Waals surface area contributed by atoms with Crippen molar-refractivity contribution < 1.29 is 14.3 Å². The highest BCUT2D eigenvalue weighted by atomic mass is 16.5. The Morgan fingerprint density at radius 1 is 1.25 bits per heavy atom.